The van der Waals surface area contributed by atoms with E-state index in [0.29, 0.717) is 12.8 Å². The summed E-state index contributed by atoms with van der Waals surface area (Å²) >= 11 is 0. The Morgan fingerprint density at radius 3 is 1.31 bits per heavy atom. The van der Waals surface area contributed by atoms with Gasteiger partial charge in [-0.25, -0.2) is 0 Å². The molecule has 2 aliphatic heterocycles. The van der Waals surface area contributed by atoms with Gasteiger partial charge in [0.15, 0.2) is 12.6 Å². The molecule has 0 aliphatic carbocycles. The van der Waals surface area contributed by atoms with Crippen molar-refractivity contribution in [2.24, 2.45) is 0 Å². The molecule has 2 saturated heterocycles. The van der Waals surface area contributed by atoms with Crippen LogP contribution in [0.3, 0.4) is 0 Å². The fraction of sp³-hybridized carbons (Fsp3) is 0.687. The Kier molecular flexibility index (Phi) is 46.1. The van der Waals surface area contributed by atoms with Gasteiger partial charge in [0.25, 0.3) is 0 Å². The fourth-order valence-electron chi connectivity index (χ4n) is 9.44. The number of allylic oxidation sites excluding steroid dienone is 20. The van der Waals surface area contributed by atoms with Crippen LogP contribution in [0.5, 0.6) is 0 Å². The second kappa shape index (κ2) is 50.9. The van der Waals surface area contributed by atoms with Crippen LogP contribution in [0.1, 0.15) is 200 Å². The lowest BCUT2D eigenvalue weighted by Crippen LogP contribution is -2.65. The highest BCUT2D eigenvalue weighted by Gasteiger charge is 2.51. The van der Waals surface area contributed by atoms with Crippen LogP contribution in [0.15, 0.2) is 122 Å². The fourth-order valence-corrected chi connectivity index (χ4v) is 9.44. The third-order valence-corrected chi connectivity index (χ3v) is 14.4. The minimum Gasteiger partial charge on any atom is -0.394 e. The van der Waals surface area contributed by atoms with Crippen molar-refractivity contribution in [2.45, 2.75) is 274 Å². The Morgan fingerprint density at radius 2 is 0.852 bits per heavy atom. The van der Waals surface area contributed by atoms with E-state index in [1.807, 2.05) is 0 Å². The molecule has 1 amide bonds. The van der Waals surface area contributed by atoms with E-state index in [9.17, 15) is 45.6 Å². The molecule has 0 radical (unpaired) electrons. The molecule has 0 aromatic rings. The smallest absolute Gasteiger partial charge is 0.220 e. The van der Waals surface area contributed by atoms with Crippen molar-refractivity contribution in [3.05, 3.63) is 122 Å². The first-order valence-corrected chi connectivity index (χ1v) is 31.3. The number of aliphatic hydroxyl groups excluding tert-OH is 8. The number of unbranched alkanes of at least 4 members (excludes halogenated alkanes) is 15. The van der Waals surface area contributed by atoms with Crippen LogP contribution in [0.25, 0.3) is 0 Å². The van der Waals surface area contributed by atoms with Gasteiger partial charge in [-0.2, -0.15) is 0 Å². The molecule has 0 aromatic heterocycles. The molecule has 0 spiro atoms. The Morgan fingerprint density at radius 1 is 0.457 bits per heavy atom. The summed E-state index contributed by atoms with van der Waals surface area (Å²) in [6, 6.07) is -0.839. The van der Waals surface area contributed by atoms with Crippen LogP contribution >= 0.6 is 0 Å². The average molecular weight is 1140 g/mol. The quantitative estimate of drug-likeness (QED) is 0.0204. The predicted molar refractivity (Wildman–Crippen MR) is 327 cm³/mol. The number of ether oxygens (including phenoxy) is 4. The molecule has 14 heteroatoms. The van der Waals surface area contributed by atoms with Crippen molar-refractivity contribution in [3.63, 3.8) is 0 Å². The molecule has 462 valence electrons. The lowest BCUT2D eigenvalue weighted by molar-refractivity contribution is -0.359. The summed E-state index contributed by atoms with van der Waals surface area (Å²) in [5, 5.41) is 86.9. The predicted octanol–water partition coefficient (Wildman–Crippen LogP) is 11.4. The van der Waals surface area contributed by atoms with Crippen molar-refractivity contribution in [1.82, 2.24) is 5.32 Å². The number of carbonyl (C=O) groups excluding carboxylic acids is 1. The van der Waals surface area contributed by atoms with Gasteiger partial charge in [0.05, 0.1) is 32.0 Å². The molecule has 2 heterocycles. The van der Waals surface area contributed by atoms with E-state index in [4.69, 9.17) is 18.9 Å². The third kappa shape index (κ3) is 36.0. The molecule has 2 aliphatic rings. The molecule has 0 saturated carbocycles. The third-order valence-electron chi connectivity index (χ3n) is 14.4. The van der Waals surface area contributed by atoms with Crippen LogP contribution in [-0.4, -0.2) is 140 Å². The maximum Gasteiger partial charge on any atom is 0.220 e. The summed E-state index contributed by atoms with van der Waals surface area (Å²) in [4.78, 5) is 13.2. The van der Waals surface area contributed by atoms with E-state index in [-0.39, 0.29) is 18.9 Å². The Hall–Kier alpha value is -3.61. The summed E-state index contributed by atoms with van der Waals surface area (Å²) in [6.07, 6.45) is 56.7. The molecule has 2 rings (SSSR count). The topological polar surface area (TPSA) is 228 Å². The van der Waals surface area contributed by atoms with Crippen molar-refractivity contribution >= 4 is 5.91 Å². The van der Waals surface area contributed by atoms with Gasteiger partial charge in [-0.3, -0.25) is 4.79 Å². The molecule has 14 nitrogen and oxygen atoms in total. The highest BCUT2D eigenvalue weighted by Crippen LogP contribution is 2.30. The first kappa shape index (κ1) is 73.5. The van der Waals surface area contributed by atoms with Gasteiger partial charge in [0.2, 0.25) is 5.91 Å². The van der Waals surface area contributed by atoms with Crippen molar-refractivity contribution in [3.8, 4) is 0 Å². The Labute approximate surface area is 488 Å². The molecule has 0 bridgehead atoms. The second-order valence-corrected chi connectivity index (χ2v) is 21.5. The molecule has 2 fully saturated rings. The zero-order valence-corrected chi connectivity index (χ0v) is 49.7. The maximum atomic E-state index is 13.2. The number of amides is 1. The molecule has 81 heavy (non-hydrogen) atoms. The summed E-state index contributed by atoms with van der Waals surface area (Å²) in [6.45, 7) is 2.67. The van der Waals surface area contributed by atoms with Crippen LogP contribution < -0.4 is 5.32 Å². The van der Waals surface area contributed by atoms with Gasteiger partial charge in [-0.15, -0.1) is 0 Å². The van der Waals surface area contributed by atoms with Crippen LogP contribution in [0, 0.1) is 0 Å². The van der Waals surface area contributed by atoms with Gasteiger partial charge < -0.3 is 65.1 Å². The summed E-state index contributed by atoms with van der Waals surface area (Å²) in [5.41, 5.74) is 0. The van der Waals surface area contributed by atoms with Crippen molar-refractivity contribution in [1.29, 1.82) is 0 Å². The largest absolute Gasteiger partial charge is 0.394 e. The summed E-state index contributed by atoms with van der Waals surface area (Å²) < 4.78 is 22.7. The standard InChI is InChI=1S/C67H111NO13/c1-3-5-7-9-11-13-14-15-16-17-18-19-20-21-22-23-24-25-26-27-28-29-30-31-32-33-34-35-36-37-38-39-40-41-42-43-45-47-49-51-59(72)68-55(56(71)50-48-46-44-12-10-8-6-4-2)54-78-66-64(77)62(75)65(58(53-70)80-66)81-67-63(76)61(74)60(73)57(52-69)79-67/h5,7,11,13,15-16,18-19,21-22,24-25,27-28,30-31,33-34,36-37,55-58,60-67,69-71,73-77H,3-4,6,8-10,12,14,17,20,23,26,29,32,35,38-54H2,1-2H3,(H,68,72)/b7-5-,13-11-,16-15-,19-18-,22-21-,25-24-,28-27-,31-30-,34-33-,37-36-. The van der Waals surface area contributed by atoms with E-state index in [1.54, 1.807) is 0 Å². The molecule has 12 unspecified atom stereocenters. The van der Waals surface area contributed by atoms with Crippen molar-refractivity contribution < 1.29 is 64.6 Å². The number of carbonyl (C=O) groups is 1. The number of hydrogen-bond donors (Lipinski definition) is 9. The summed E-state index contributed by atoms with van der Waals surface area (Å²) in [5.74, 6) is -0.224. The zero-order chi connectivity index (χ0) is 58.8. The molecule has 9 N–H and O–H groups in total. The highest BCUT2D eigenvalue weighted by atomic mass is 16.7. The minimum atomic E-state index is -1.79. The lowest BCUT2D eigenvalue weighted by atomic mass is 9.97. The van der Waals surface area contributed by atoms with Gasteiger partial charge in [0.1, 0.15) is 48.8 Å². The lowest BCUT2D eigenvalue weighted by Gasteiger charge is -2.46. The van der Waals surface area contributed by atoms with E-state index in [1.165, 1.54) is 44.9 Å². The van der Waals surface area contributed by atoms with Gasteiger partial charge in [0, 0.05) is 6.42 Å². The second-order valence-electron chi connectivity index (χ2n) is 21.5. The highest BCUT2D eigenvalue weighted by molar-refractivity contribution is 5.76. The monoisotopic (exact) mass is 1140 g/mol. The number of nitrogens with one attached hydrogen (secondary N) is 1. The maximum absolute atomic E-state index is 13.2. The number of hydrogen-bond acceptors (Lipinski definition) is 13. The normalized spacial score (nSPS) is 25.0. The first-order valence-electron chi connectivity index (χ1n) is 31.3. The van der Waals surface area contributed by atoms with Crippen LogP contribution in [-0.2, 0) is 23.7 Å². The molecule has 12 atom stereocenters. The molecular weight excluding hydrogens is 1030 g/mol. The van der Waals surface area contributed by atoms with Gasteiger partial charge in [-0.1, -0.05) is 225 Å². The van der Waals surface area contributed by atoms with Crippen LogP contribution in [0.2, 0.25) is 0 Å². The molecule has 0 aromatic carbocycles. The average Bonchev–Trinajstić information content (AvgIpc) is 3.51. The van der Waals surface area contributed by atoms with E-state index >= 15 is 0 Å². The number of rotatable bonds is 48. The van der Waals surface area contributed by atoms with E-state index in [0.717, 1.165) is 122 Å². The van der Waals surface area contributed by atoms with Crippen molar-refractivity contribution in [2.75, 3.05) is 19.8 Å². The first-order chi connectivity index (χ1) is 39.6. The Bertz CT molecular complexity index is 1820. The Balaban J connectivity index is 1.59. The van der Waals surface area contributed by atoms with E-state index < -0.39 is 86.8 Å². The summed E-state index contributed by atoms with van der Waals surface area (Å²) in [7, 11) is 0. The number of aliphatic hydroxyl groups is 8. The minimum absolute atomic E-state index is 0.224. The van der Waals surface area contributed by atoms with Gasteiger partial charge >= 0.3 is 0 Å². The SMILES string of the molecule is CC/C=C\C/C=C\C/C=C\C/C=C\C/C=C\C/C=C\C/C=C\C/C=C\C/C=C\C/C=C\CCCCCCCCCCC(=O)NC(COC1OC(CO)C(OC2OC(CO)C(O)C(O)C2O)C(O)C1O)C(O)CCCCCCCCCC. The zero-order valence-electron chi connectivity index (χ0n) is 49.7. The van der Waals surface area contributed by atoms with Crippen LogP contribution in [0.4, 0.5) is 0 Å². The van der Waals surface area contributed by atoms with Gasteiger partial charge in [-0.05, 0) is 89.9 Å². The molecular formula is C67H111NO13. The van der Waals surface area contributed by atoms with E-state index in [2.05, 4.69) is 141 Å².